The van der Waals surface area contributed by atoms with Crippen molar-refractivity contribution >= 4 is 11.8 Å². The number of likely N-dealkylation sites (tertiary alicyclic amines) is 1. The lowest BCUT2D eigenvalue weighted by molar-refractivity contribution is -0.142. The zero-order valence-electron chi connectivity index (χ0n) is 17.3. The molecule has 0 spiro atoms. The summed E-state index contributed by atoms with van der Waals surface area (Å²) in [5.41, 5.74) is -0.406. The van der Waals surface area contributed by atoms with Crippen LogP contribution >= 0.6 is 0 Å². The van der Waals surface area contributed by atoms with Gasteiger partial charge in [-0.25, -0.2) is 0 Å². The summed E-state index contributed by atoms with van der Waals surface area (Å²) in [6.45, 7) is 7.25. The second kappa shape index (κ2) is 8.90. The fraction of sp³-hybridized carbons (Fsp3) is 0.619. The average molecular weight is 406 g/mol. The van der Waals surface area contributed by atoms with Crippen molar-refractivity contribution in [1.82, 2.24) is 10.2 Å². The number of nitrogens with zero attached hydrogens (tertiary/aromatic N) is 1. The Kier molecular flexibility index (Phi) is 6.52. The molecule has 0 aromatic heterocycles. The molecule has 1 aromatic rings. The molecule has 2 aliphatic rings. The molecule has 0 aliphatic carbocycles. The summed E-state index contributed by atoms with van der Waals surface area (Å²) in [4.78, 5) is 26.5. The van der Waals surface area contributed by atoms with Crippen molar-refractivity contribution in [2.24, 2.45) is 11.3 Å². The van der Waals surface area contributed by atoms with E-state index in [1.807, 2.05) is 25.7 Å². The van der Waals surface area contributed by atoms with Crippen LogP contribution in [0.15, 0.2) is 18.2 Å². The zero-order valence-corrected chi connectivity index (χ0v) is 17.3. The van der Waals surface area contributed by atoms with Gasteiger partial charge in [-0.2, -0.15) is 0 Å². The molecule has 1 atom stereocenters. The fourth-order valence-electron chi connectivity index (χ4n) is 3.40. The maximum absolute atomic E-state index is 12.4. The number of aliphatic hydroxyl groups is 1. The maximum Gasteiger partial charge on any atom is 0.231 e. The van der Waals surface area contributed by atoms with Crippen molar-refractivity contribution in [1.29, 1.82) is 0 Å². The molecule has 1 aromatic carbocycles. The van der Waals surface area contributed by atoms with E-state index in [1.54, 1.807) is 18.2 Å². The van der Waals surface area contributed by atoms with E-state index >= 15 is 0 Å². The highest BCUT2D eigenvalue weighted by atomic mass is 16.7. The van der Waals surface area contributed by atoms with Gasteiger partial charge in [0, 0.05) is 37.0 Å². The molecule has 0 radical (unpaired) electrons. The van der Waals surface area contributed by atoms with Gasteiger partial charge in [0.2, 0.25) is 18.6 Å². The molecule has 1 unspecified atom stereocenters. The molecule has 2 heterocycles. The number of nitrogens with one attached hydrogen (secondary N) is 1. The van der Waals surface area contributed by atoms with Crippen LogP contribution < -0.4 is 19.5 Å². The Morgan fingerprint density at radius 1 is 1.24 bits per heavy atom. The van der Waals surface area contributed by atoms with E-state index in [1.165, 1.54) is 0 Å². The smallest absolute Gasteiger partial charge is 0.231 e. The lowest BCUT2D eigenvalue weighted by Crippen LogP contribution is -2.47. The molecule has 1 saturated heterocycles. The predicted octanol–water partition coefficient (Wildman–Crippen LogP) is 1.56. The van der Waals surface area contributed by atoms with Crippen LogP contribution in [-0.2, 0) is 9.59 Å². The number of aliphatic hydroxyl groups excluding tert-OH is 1. The Labute approximate surface area is 171 Å². The minimum Gasteiger partial charge on any atom is -0.491 e. The number of benzene rings is 1. The minimum absolute atomic E-state index is 0.0540. The number of rotatable bonds is 6. The van der Waals surface area contributed by atoms with Crippen LogP contribution in [0.5, 0.6) is 17.2 Å². The molecule has 160 valence electrons. The lowest BCUT2D eigenvalue weighted by atomic mass is 9.90. The SMILES string of the molecule is CC(C)(C)C(=O)N1CCC(C(=O)NCC(O)COc2ccc3c(c2)OCO3)CC1. The van der Waals surface area contributed by atoms with Gasteiger partial charge in [-0.05, 0) is 25.0 Å². The highest BCUT2D eigenvalue weighted by Crippen LogP contribution is 2.35. The second-order valence-electron chi connectivity index (χ2n) is 8.54. The Morgan fingerprint density at radius 3 is 2.62 bits per heavy atom. The van der Waals surface area contributed by atoms with Gasteiger partial charge in [0.05, 0.1) is 0 Å². The predicted molar refractivity (Wildman–Crippen MR) is 106 cm³/mol. The molecular weight excluding hydrogens is 376 g/mol. The molecule has 0 bridgehead atoms. The maximum atomic E-state index is 12.4. The third-order valence-electron chi connectivity index (χ3n) is 5.09. The lowest BCUT2D eigenvalue weighted by Gasteiger charge is -2.35. The van der Waals surface area contributed by atoms with Crippen LogP contribution in [0.3, 0.4) is 0 Å². The molecule has 8 nitrogen and oxygen atoms in total. The van der Waals surface area contributed by atoms with Crippen molar-refractivity contribution < 1.29 is 28.9 Å². The summed E-state index contributed by atoms with van der Waals surface area (Å²) in [7, 11) is 0. The quantitative estimate of drug-likeness (QED) is 0.744. The van der Waals surface area contributed by atoms with E-state index in [9.17, 15) is 14.7 Å². The molecular formula is C21H30N2O6. The number of fused-ring (bicyclic) bond motifs is 1. The van der Waals surface area contributed by atoms with Gasteiger partial charge in [0.1, 0.15) is 18.5 Å². The molecule has 8 heteroatoms. The first-order valence-corrected chi connectivity index (χ1v) is 10.0. The van der Waals surface area contributed by atoms with Crippen LogP contribution in [0.25, 0.3) is 0 Å². The van der Waals surface area contributed by atoms with E-state index in [2.05, 4.69) is 5.32 Å². The highest BCUT2D eigenvalue weighted by molar-refractivity contribution is 5.82. The molecule has 3 rings (SSSR count). The first-order valence-electron chi connectivity index (χ1n) is 10.0. The summed E-state index contributed by atoms with van der Waals surface area (Å²) in [6, 6.07) is 5.20. The van der Waals surface area contributed by atoms with E-state index in [4.69, 9.17) is 14.2 Å². The summed E-state index contributed by atoms with van der Waals surface area (Å²) in [5, 5.41) is 12.9. The minimum atomic E-state index is -0.827. The van der Waals surface area contributed by atoms with E-state index in [-0.39, 0.29) is 37.7 Å². The standard InChI is InChI=1S/C21H30N2O6/c1-21(2,3)20(26)23-8-6-14(7-9-23)19(25)22-11-15(24)12-27-16-4-5-17-18(10-16)29-13-28-17/h4-5,10,14-15,24H,6-9,11-13H2,1-3H3,(H,22,25). The average Bonchev–Trinajstić information content (AvgIpc) is 3.17. The molecule has 2 amide bonds. The van der Waals surface area contributed by atoms with Crippen LogP contribution in [0.1, 0.15) is 33.6 Å². The number of hydrogen-bond donors (Lipinski definition) is 2. The van der Waals surface area contributed by atoms with Crippen LogP contribution in [0, 0.1) is 11.3 Å². The molecule has 0 saturated carbocycles. The van der Waals surface area contributed by atoms with Crippen molar-refractivity contribution in [2.45, 2.75) is 39.7 Å². The van der Waals surface area contributed by atoms with Gasteiger partial charge in [0.15, 0.2) is 11.5 Å². The largest absolute Gasteiger partial charge is 0.491 e. The molecule has 2 aliphatic heterocycles. The number of carbonyl (C=O) groups is 2. The first-order chi connectivity index (χ1) is 13.7. The number of hydrogen-bond acceptors (Lipinski definition) is 6. The third kappa shape index (κ3) is 5.53. The van der Waals surface area contributed by atoms with E-state index < -0.39 is 11.5 Å². The van der Waals surface area contributed by atoms with Crippen LogP contribution in [0.2, 0.25) is 0 Å². The van der Waals surface area contributed by atoms with Crippen molar-refractivity contribution in [3.05, 3.63) is 18.2 Å². The zero-order chi connectivity index (χ0) is 21.0. The Morgan fingerprint density at radius 2 is 1.93 bits per heavy atom. The topological polar surface area (TPSA) is 97.3 Å². The summed E-state index contributed by atoms with van der Waals surface area (Å²) < 4.78 is 16.1. The van der Waals surface area contributed by atoms with Crippen LogP contribution in [-0.4, -0.2) is 61.0 Å². The van der Waals surface area contributed by atoms with Gasteiger partial charge in [0.25, 0.3) is 0 Å². The fourth-order valence-corrected chi connectivity index (χ4v) is 3.40. The Hall–Kier alpha value is -2.48. The van der Waals surface area contributed by atoms with Gasteiger partial charge >= 0.3 is 0 Å². The monoisotopic (exact) mass is 406 g/mol. The second-order valence-corrected chi connectivity index (χ2v) is 8.54. The molecule has 29 heavy (non-hydrogen) atoms. The summed E-state index contributed by atoms with van der Waals surface area (Å²) in [5.74, 6) is 1.74. The summed E-state index contributed by atoms with van der Waals surface area (Å²) in [6.07, 6.45) is 0.446. The number of carbonyl (C=O) groups excluding carboxylic acids is 2. The Balaban J connectivity index is 1.36. The normalized spacial score (nSPS) is 17.7. The van der Waals surface area contributed by atoms with Gasteiger partial charge in [-0.3, -0.25) is 9.59 Å². The van der Waals surface area contributed by atoms with Crippen LogP contribution in [0.4, 0.5) is 0 Å². The first kappa shape index (κ1) is 21.2. The highest BCUT2D eigenvalue weighted by Gasteiger charge is 2.32. The van der Waals surface area contributed by atoms with E-state index in [0.717, 1.165) is 0 Å². The van der Waals surface area contributed by atoms with Gasteiger partial charge < -0.3 is 29.5 Å². The van der Waals surface area contributed by atoms with Crippen molar-refractivity contribution in [2.75, 3.05) is 33.0 Å². The number of amides is 2. The number of ether oxygens (including phenoxy) is 3. The van der Waals surface area contributed by atoms with Gasteiger partial charge in [-0.1, -0.05) is 20.8 Å². The van der Waals surface area contributed by atoms with Gasteiger partial charge in [-0.15, -0.1) is 0 Å². The number of piperidine rings is 1. The third-order valence-corrected chi connectivity index (χ3v) is 5.09. The summed E-state index contributed by atoms with van der Waals surface area (Å²) >= 11 is 0. The Bertz CT molecular complexity index is 737. The van der Waals surface area contributed by atoms with Crippen molar-refractivity contribution in [3.63, 3.8) is 0 Å². The molecule has 2 N–H and O–H groups in total. The molecule has 1 fully saturated rings. The van der Waals surface area contributed by atoms with Crippen molar-refractivity contribution in [3.8, 4) is 17.2 Å². The van der Waals surface area contributed by atoms with E-state index in [0.29, 0.717) is 43.2 Å².